The molecule has 3 rings (SSSR count). The molecule has 1 aromatic carbocycles. The molecule has 0 spiro atoms. The number of anilines is 2. The molecule has 10 nitrogen and oxygen atoms in total. The van der Waals surface area contributed by atoms with Crippen LogP contribution in [0.3, 0.4) is 0 Å². The number of amides is 1. The Labute approximate surface area is 149 Å². The van der Waals surface area contributed by atoms with Gasteiger partial charge in [0, 0.05) is 38.8 Å². The lowest BCUT2D eigenvalue weighted by Crippen LogP contribution is -2.44. The summed E-state index contributed by atoms with van der Waals surface area (Å²) >= 11 is 0. The number of rotatable bonds is 5. The number of nitrogens with one attached hydrogen (secondary N) is 2. The largest absolute Gasteiger partial charge is 0.434 e. The van der Waals surface area contributed by atoms with E-state index in [0.29, 0.717) is 24.5 Å². The fraction of sp³-hybridized carbons (Fsp3) is 0.312. The maximum absolute atomic E-state index is 11.6. The number of benzene rings is 1. The average molecular weight is 358 g/mol. The highest BCUT2D eigenvalue weighted by atomic mass is 16.6. The molecule has 0 aliphatic carbocycles. The summed E-state index contributed by atoms with van der Waals surface area (Å²) in [5, 5.41) is 17.4. The molecule has 2 N–H and O–H groups in total. The molecule has 2 aromatic rings. The Bertz CT molecular complexity index is 805. The zero-order chi connectivity index (χ0) is 18.5. The van der Waals surface area contributed by atoms with Crippen LogP contribution in [0.2, 0.25) is 0 Å². The number of hydrogen-bond donors (Lipinski definition) is 2. The SMILES string of the molecule is CC(=O)Nc1ccc(Oc2ncnc(N3CCNCC3)c2[N+](=O)[O-])cc1. The van der Waals surface area contributed by atoms with Crippen molar-refractivity contribution < 1.29 is 14.5 Å². The number of nitrogens with zero attached hydrogens (tertiary/aromatic N) is 4. The summed E-state index contributed by atoms with van der Waals surface area (Å²) in [4.78, 5) is 32.0. The summed E-state index contributed by atoms with van der Waals surface area (Å²) in [5.41, 5.74) is 0.337. The van der Waals surface area contributed by atoms with Gasteiger partial charge in [0.05, 0.1) is 4.92 Å². The smallest absolute Gasteiger partial charge is 0.373 e. The summed E-state index contributed by atoms with van der Waals surface area (Å²) in [6, 6.07) is 6.48. The molecule has 1 aliphatic heterocycles. The first kappa shape index (κ1) is 17.5. The minimum atomic E-state index is -0.529. The van der Waals surface area contributed by atoms with Gasteiger partial charge in [-0.1, -0.05) is 0 Å². The van der Waals surface area contributed by atoms with Crippen LogP contribution >= 0.6 is 0 Å². The van der Waals surface area contributed by atoms with E-state index in [2.05, 4.69) is 20.6 Å². The van der Waals surface area contributed by atoms with Crippen LogP contribution in [-0.2, 0) is 4.79 Å². The fourth-order valence-corrected chi connectivity index (χ4v) is 2.62. The number of hydrogen-bond acceptors (Lipinski definition) is 8. The second-order valence-corrected chi connectivity index (χ2v) is 5.65. The maximum atomic E-state index is 11.6. The fourth-order valence-electron chi connectivity index (χ4n) is 2.62. The summed E-state index contributed by atoms with van der Waals surface area (Å²) in [5.74, 6) is 0.306. The van der Waals surface area contributed by atoms with Gasteiger partial charge in [0.15, 0.2) is 0 Å². The molecule has 10 heteroatoms. The molecular weight excluding hydrogens is 340 g/mol. The Morgan fingerprint density at radius 1 is 1.27 bits per heavy atom. The van der Waals surface area contributed by atoms with Crippen LogP contribution in [0.4, 0.5) is 17.2 Å². The second kappa shape index (κ2) is 7.74. The summed E-state index contributed by atoms with van der Waals surface area (Å²) in [7, 11) is 0. The van der Waals surface area contributed by atoms with Gasteiger partial charge in [-0.05, 0) is 24.3 Å². The van der Waals surface area contributed by atoms with Gasteiger partial charge in [-0.2, -0.15) is 4.98 Å². The molecule has 0 radical (unpaired) electrons. The van der Waals surface area contributed by atoms with Gasteiger partial charge in [-0.3, -0.25) is 14.9 Å². The van der Waals surface area contributed by atoms with E-state index in [1.54, 1.807) is 24.3 Å². The molecule has 2 heterocycles. The Morgan fingerprint density at radius 3 is 2.58 bits per heavy atom. The molecule has 1 saturated heterocycles. The van der Waals surface area contributed by atoms with E-state index in [1.807, 2.05) is 4.90 Å². The third kappa shape index (κ3) is 4.03. The average Bonchev–Trinajstić information content (AvgIpc) is 2.63. The van der Waals surface area contributed by atoms with E-state index >= 15 is 0 Å². The van der Waals surface area contributed by atoms with E-state index in [-0.39, 0.29) is 23.3 Å². The first-order valence-corrected chi connectivity index (χ1v) is 8.05. The summed E-state index contributed by atoms with van der Waals surface area (Å²) < 4.78 is 5.61. The van der Waals surface area contributed by atoms with Crippen molar-refractivity contribution in [3.63, 3.8) is 0 Å². The van der Waals surface area contributed by atoms with Crippen LogP contribution in [0.5, 0.6) is 11.6 Å². The van der Waals surface area contributed by atoms with Crippen LogP contribution < -0.4 is 20.3 Å². The highest BCUT2D eigenvalue weighted by Crippen LogP contribution is 2.36. The first-order valence-electron chi connectivity index (χ1n) is 8.05. The number of carbonyl (C=O) groups excluding carboxylic acids is 1. The molecule has 0 atom stereocenters. The van der Waals surface area contributed by atoms with Gasteiger partial charge in [0.1, 0.15) is 12.1 Å². The van der Waals surface area contributed by atoms with E-state index in [9.17, 15) is 14.9 Å². The molecule has 0 bridgehead atoms. The van der Waals surface area contributed by atoms with Gasteiger partial charge in [0.2, 0.25) is 11.7 Å². The third-order valence-corrected chi connectivity index (χ3v) is 3.76. The lowest BCUT2D eigenvalue weighted by Gasteiger charge is -2.27. The van der Waals surface area contributed by atoms with Crippen molar-refractivity contribution in [1.29, 1.82) is 0 Å². The molecule has 136 valence electrons. The van der Waals surface area contributed by atoms with Crippen LogP contribution in [0.15, 0.2) is 30.6 Å². The first-order chi connectivity index (χ1) is 12.5. The van der Waals surface area contributed by atoms with Crippen molar-refractivity contribution in [2.45, 2.75) is 6.92 Å². The van der Waals surface area contributed by atoms with Crippen LogP contribution in [0.1, 0.15) is 6.92 Å². The number of aromatic nitrogens is 2. The Morgan fingerprint density at radius 2 is 1.96 bits per heavy atom. The van der Waals surface area contributed by atoms with Gasteiger partial charge in [-0.15, -0.1) is 0 Å². The van der Waals surface area contributed by atoms with Crippen molar-refractivity contribution in [1.82, 2.24) is 15.3 Å². The third-order valence-electron chi connectivity index (χ3n) is 3.76. The molecule has 1 amide bonds. The molecular formula is C16H18N6O4. The standard InChI is InChI=1S/C16H18N6O4/c1-11(23)20-12-2-4-13(5-3-12)26-16-14(22(24)25)15(18-10-19-16)21-8-6-17-7-9-21/h2-5,10,17H,6-9H2,1H3,(H,20,23). The number of nitro groups is 1. The zero-order valence-electron chi connectivity index (χ0n) is 14.1. The monoisotopic (exact) mass is 358 g/mol. The quantitative estimate of drug-likeness (QED) is 0.610. The van der Waals surface area contributed by atoms with Gasteiger partial charge < -0.3 is 20.3 Å². The van der Waals surface area contributed by atoms with E-state index < -0.39 is 4.92 Å². The van der Waals surface area contributed by atoms with E-state index in [0.717, 1.165) is 13.1 Å². The normalized spacial score (nSPS) is 14.0. The molecule has 1 aliphatic rings. The molecule has 1 fully saturated rings. The lowest BCUT2D eigenvalue weighted by molar-refractivity contribution is -0.385. The molecule has 26 heavy (non-hydrogen) atoms. The van der Waals surface area contributed by atoms with Gasteiger partial charge in [0.25, 0.3) is 0 Å². The number of piperazine rings is 1. The van der Waals surface area contributed by atoms with Crippen molar-refractivity contribution >= 4 is 23.1 Å². The topological polar surface area (TPSA) is 123 Å². The minimum Gasteiger partial charge on any atom is -0.434 e. The second-order valence-electron chi connectivity index (χ2n) is 5.65. The number of ether oxygens (including phenoxy) is 1. The van der Waals surface area contributed by atoms with Crippen molar-refractivity contribution in [3.8, 4) is 11.6 Å². The Balaban J connectivity index is 1.87. The summed E-state index contributed by atoms with van der Waals surface area (Å²) in [6.07, 6.45) is 1.26. The molecule has 0 saturated carbocycles. The summed E-state index contributed by atoms with van der Waals surface area (Å²) in [6.45, 7) is 4.08. The predicted molar refractivity (Wildman–Crippen MR) is 94.6 cm³/mol. The lowest BCUT2D eigenvalue weighted by atomic mass is 10.3. The molecule has 0 unspecified atom stereocenters. The van der Waals surface area contributed by atoms with E-state index in [1.165, 1.54) is 13.3 Å². The van der Waals surface area contributed by atoms with E-state index in [4.69, 9.17) is 4.74 Å². The van der Waals surface area contributed by atoms with Crippen LogP contribution in [0.25, 0.3) is 0 Å². The number of carbonyl (C=O) groups is 1. The van der Waals surface area contributed by atoms with Gasteiger partial charge >= 0.3 is 11.6 Å². The van der Waals surface area contributed by atoms with Crippen molar-refractivity contribution in [3.05, 3.63) is 40.7 Å². The predicted octanol–water partition coefficient (Wildman–Crippen LogP) is 1.55. The Kier molecular flexibility index (Phi) is 5.23. The zero-order valence-corrected chi connectivity index (χ0v) is 14.1. The van der Waals surface area contributed by atoms with Crippen molar-refractivity contribution in [2.75, 3.05) is 36.4 Å². The highest BCUT2D eigenvalue weighted by molar-refractivity contribution is 5.88. The van der Waals surface area contributed by atoms with Gasteiger partial charge in [-0.25, -0.2) is 4.98 Å². The van der Waals surface area contributed by atoms with Crippen LogP contribution in [-0.4, -0.2) is 47.0 Å². The highest BCUT2D eigenvalue weighted by Gasteiger charge is 2.29. The maximum Gasteiger partial charge on any atom is 0.373 e. The molecule has 1 aromatic heterocycles. The Hall–Kier alpha value is -3.27. The van der Waals surface area contributed by atoms with Crippen LogP contribution in [0, 0.1) is 10.1 Å². The minimum absolute atomic E-state index is 0.120. The van der Waals surface area contributed by atoms with Crippen molar-refractivity contribution in [2.24, 2.45) is 0 Å².